The highest BCUT2D eigenvalue weighted by Crippen LogP contribution is 2.47. The molecule has 5 heteroatoms. The third-order valence-electron chi connectivity index (χ3n) is 1.07. The minimum absolute atomic E-state index is 0.311. The van der Waals surface area contributed by atoms with Crippen LogP contribution in [0.5, 0.6) is 0 Å². The molecule has 0 fully saturated rings. The lowest BCUT2D eigenvalue weighted by Crippen LogP contribution is -2.03. The van der Waals surface area contributed by atoms with Crippen LogP contribution in [0.25, 0.3) is 0 Å². The molecule has 0 saturated heterocycles. The van der Waals surface area contributed by atoms with Gasteiger partial charge in [0, 0.05) is 0 Å². The van der Waals surface area contributed by atoms with Crippen molar-refractivity contribution >= 4 is 28.0 Å². The molecule has 0 spiro atoms. The van der Waals surface area contributed by atoms with Crippen LogP contribution in [-0.2, 0) is 10.1 Å². The first-order valence-corrected chi connectivity index (χ1v) is 7.73. The van der Waals surface area contributed by atoms with Gasteiger partial charge in [-0.25, -0.2) is 0 Å². The Balaban J connectivity index is 4.50. The Labute approximate surface area is 63.6 Å². The highest BCUT2D eigenvalue weighted by molar-refractivity contribution is 8.65. The van der Waals surface area contributed by atoms with E-state index in [0.29, 0.717) is 5.25 Å². The molecule has 0 radical (unpaired) electrons. The van der Waals surface area contributed by atoms with Gasteiger partial charge in [0.25, 0.3) is 0 Å². The Morgan fingerprint density at radius 2 is 1.78 bits per heavy atom. The second-order valence-electron chi connectivity index (χ2n) is 2.09. The summed E-state index contributed by atoms with van der Waals surface area (Å²) in [6.45, 7) is 3.92. The van der Waals surface area contributed by atoms with Crippen molar-refractivity contribution in [3.8, 4) is 0 Å². The Bertz CT molecular complexity index is 140. The minimum Gasteiger partial charge on any atom is -0.341 e. The second kappa shape index (κ2) is 3.44. The monoisotopic (exact) mass is 188 g/mol. The number of rotatable bonds is 1. The summed E-state index contributed by atoms with van der Waals surface area (Å²) in [6.07, 6.45) is 1.82. The van der Waals surface area contributed by atoms with E-state index in [1.165, 1.54) is 0 Å². The molecular weight excluding hydrogens is 175 g/mol. The van der Waals surface area contributed by atoms with Crippen molar-refractivity contribution in [3.05, 3.63) is 0 Å². The smallest absolute Gasteiger partial charge is 0.198 e. The van der Waals surface area contributed by atoms with Gasteiger partial charge in [0.1, 0.15) is 0 Å². The molecule has 0 aliphatic carbocycles. The molecule has 0 amide bonds. The molecular formula is C4H13O2PS2. The maximum Gasteiger partial charge on any atom is 0.198 e. The molecule has 0 saturated carbocycles. The van der Waals surface area contributed by atoms with E-state index in [1.807, 2.05) is 20.1 Å². The van der Waals surface area contributed by atoms with Gasteiger partial charge in [0.05, 0.1) is 0 Å². The van der Waals surface area contributed by atoms with E-state index in [-0.39, 0.29) is 10.1 Å². The summed E-state index contributed by atoms with van der Waals surface area (Å²) in [5, 5.41) is 0.311. The Kier molecular flexibility index (Phi) is 3.85. The average molecular weight is 188 g/mol. The summed E-state index contributed by atoms with van der Waals surface area (Å²) in [6, 6.07) is 0. The fourth-order valence-corrected chi connectivity index (χ4v) is 4.24. The molecule has 0 aliphatic rings. The topological polar surface area (TPSA) is 40.5 Å². The average Bonchev–Trinajstić information content (AvgIpc) is 1.62. The maximum absolute atomic E-state index is 9.00. The van der Waals surface area contributed by atoms with Crippen LogP contribution in [0.1, 0.15) is 13.8 Å². The third kappa shape index (κ3) is 3.68. The largest absolute Gasteiger partial charge is 0.341 e. The fraction of sp³-hybridized carbons (Fsp3) is 1.00. The van der Waals surface area contributed by atoms with E-state index in [1.54, 1.807) is 0 Å². The molecule has 0 rings (SSSR count). The SMILES string of the molecule is CC(C)S(C)=P(O)(O)S. The van der Waals surface area contributed by atoms with Crippen LogP contribution in [-0.4, -0.2) is 21.3 Å². The normalized spacial score (nSPS) is 16.3. The second-order valence-corrected chi connectivity index (χ2v) is 10.8. The van der Waals surface area contributed by atoms with E-state index in [9.17, 15) is 0 Å². The van der Waals surface area contributed by atoms with Gasteiger partial charge in [-0.1, -0.05) is 26.1 Å². The van der Waals surface area contributed by atoms with Crippen molar-refractivity contribution in [2.24, 2.45) is 0 Å². The Morgan fingerprint density at radius 3 is 1.78 bits per heavy atom. The molecule has 2 nitrogen and oxygen atoms in total. The van der Waals surface area contributed by atoms with Gasteiger partial charge in [-0.15, -0.1) is 10.1 Å². The first-order chi connectivity index (χ1) is 3.85. The predicted molar refractivity (Wildman–Crippen MR) is 48.8 cm³/mol. The van der Waals surface area contributed by atoms with Crippen LogP contribution in [0, 0.1) is 0 Å². The molecule has 58 valence electrons. The summed E-state index contributed by atoms with van der Waals surface area (Å²) in [5.41, 5.74) is -2.84. The molecule has 0 aromatic carbocycles. The zero-order valence-electron chi connectivity index (χ0n) is 5.77. The van der Waals surface area contributed by atoms with Crippen LogP contribution in [0.4, 0.5) is 0 Å². The molecule has 0 aromatic rings. The van der Waals surface area contributed by atoms with Gasteiger partial charge in [-0.2, -0.15) is 0 Å². The highest BCUT2D eigenvalue weighted by Gasteiger charge is 2.08. The number of hydrogen-bond acceptors (Lipinski definition) is 0. The Morgan fingerprint density at radius 1 is 1.44 bits per heavy atom. The molecule has 0 bridgehead atoms. The van der Waals surface area contributed by atoms with Gasteiger partial charge in [-0.05, 0) is 11.5 Å². The molecule has 0 aromatic heterocycles. The van der Waals surface area contributed by atoms with Gasteiger partial charge in [0.15, 0.2) is 5.69 Å². The van der Waals surface area contributed by atoms with Crippen molar-refractivity contribution in [1.82, 2.24) is 0 Å². The lowest BCUT2D eigenvalue weighted by Gasteiger charge is -2.14. The summed E-state index contributed by atoms with van der Waals surface area (Å²) in [7, 11) is -0.353. The quantitative estimate of drug-likeness (QED) is 0.428. The van der Waals surface area contributed by atoms with Crippen molar-refractivity contribution < 1.29 is 9.79 Å². The van der Waals surface area contributed by atoms with Crippen molar-refractivity contribution in [3.63, 3.8) is 0 Å². The standard InChI is InChI=1S/C4H13O2PS2/c1-4(2)9(3)7(5,6)8/h4-6,8H,1-3H3. The van der Waals surface area contributed by atoms with Gasteiger partial charge in [-0.3, -0.25) is 0 Å². The molecule has 1 unspecified atom stereocenters. The molecule has 0 aliphatic heterocycles. The molecule has 2 N–H and O–H groups in total. The van der Waals surface area contributed by atoms with Crippen LogP contribution in [0.15, 0.2) is 0 Å². The van der Waals surface area contributed by atoms with Gasteiger partial charge in [0.2, 0.25) is 0 Å². The number of thiol groups is 1. The maximum atomic E-state index is 9.00. The molecule has 9 heavy (non-hydrogen) atoms. The third-order valence-corrected chi connectivity index (χ3v) is 9.11. The lowest BCUT2D eigenvalue weighted by molar-refractivity contribution is 0.502. The van der Waals surface area contributed by atoms with Crippen molar-refractivity contribution in [2.45, 2.75) is 19.1 Å². The lowest BCUT2D eigenvalue weighted by atomic mass is 10.6. The minimum atomic E-state index is -2.84. The fourth-order valence-electron chi connectivity index (χ4n) is 0.283. The van der Waals surface area contributed by atoms with E-state index >= 15 is 0 Å². The van der Waals surface area contributed by atoms with Crippen LogP contribution in [0.3, 0.4) is 0 Å². The van der Waals surface area contributed by atoms with Crippen LogP contribution in [0.2, 0.25) is 0 Å². The molecule has 1 atom stereocenters. The summed E-state index contributed by atoms with van der Waals surface area (Å²) >= 11 is 3.72. The van der Waals surface area contributed by atoms with E-state index in [0.717, 1.165) is 0 Å². The highest BCUT2D eigenvalue weighted by atomic mass is 32.9. The van der Waals surface area contributed by atoms with E-state index in [2.05, 4.69) is 12.2 Å². The predicted octanol–water partition coefficient (Wildman–Crippen LogP) is 1.23. The first kappa shape index (κ1) is 10.0. The summed E-state index contributed by atoms with van der Waals surface area (Å²) < 4.78 is 0. The van der Waals surface area contributed by atoms with Crippen LogP contribution >= 0.6 is 17.9 Å². The van der Waals surface area contributed by atoms with Crippen molar-refractivity contribution in [1.29, 1.82) is 0 Å². The van der Waals surface area contributed by atoms with E-state index < -0.39 is 5.69 Å². The van der Waals surface area contributed by atoms with E-state index in [4.69, 9.17) is 9.79 Å². The van der Waals surface area contributed by atoms with Gasteiger partial charge >= 0.3 is 0 Å². The van der Waals surface area contributed by atoms with Crippen LogP contribution < -0.4 is 0 Å². The summed E-state index contributed by atoms with van der Waals surface area (Å²) in [5.74, 6) is 0. The number of hydrogen-bond donors (Lipinski definition) is 3. The molecule has 0 heterocycles. The van der Waals surface area contributed by atoms with Crippen molar-refractivity contribution in [2.75, 3.05) is 6.26 Å². The summed E-state index contributed by atoms with van der Waals surface area (Å²) in [4.78, 5) is 18.0. The zero-order valence-corrected chi connectivity index (χ0v) is 8.38. The first-order valence-electron chi connectivity index (χ1n) is 2.58. The van der Waals surface area contributed by atoms with Gasteiger partial charge < -0.3 is 9.79 Å². The Hall–Kier alpha value is 1.05. The zero-order chi connectivity index (χ0) is 7.65.